The van der Waals surface area contributed by atoms with Gasteiger partial charge in [0.1, 0.15) is 23.8 Å². The zero-order valence-electron chi connectivity index (χ0n) is 21.4. The lowest BCUT2D eigenvalue weighted by Crippen LogP contribution is -2.31. The Kier molecular flexibility index (Phi) is 7.61. The third-order valence-electron chi connectivity index (χ3n) is 6.13. The molecular weight excluding hydrogens is 532 g/mol. The molecule has 0 fully saturated rings. The second-order valence-corrected chi connectivity index (χ2v) is 9.77. The van der Waals surface area contributed by atoms with Gasteiger partial charge in [0.05, 0.1) is 23.6 Å². The van der Waals surface area contributed by atoms with Gasteiger partial charge in [0.15, 0.2) is 16.7 Å². The normalized spacial score (nSPS) is 14.9. The van der Waals surface area contributed by atoms with Crippen LogP contribution in [0.3, 0.4) is 0 Å². The Morgan fingerprint density at radius 2 is 1.95 bits per heavy atom. The summed E-state index contributed by atoms with van der Waals surface area (Å²) in [6.07, 6.45) is 2.77. The standard InChI is InChI=1S/C30H24N2O7S/c1-3-14-38-29(36)27-18(2)31-30(40-27)32-24(23(26(34)28(32)35)25(33)22-13-8-15-37-22)20-11-7-12-21(16-20)39-17-19-9-5-4-6-10-19/h3-13,15-16,24,34H,1,14,17H2,2H3. The number of carbonyl (C=O) groups is 3. The third kappa shape index (κ3) is 5.16. The highest BCUT2D eigenvalue weighted by Crippen LogP contribution is 2.44. The molecule has 5 rings (SSSR count). The topological polar surface area (TPSA) is 119 Å². The highest BCUT2D eigenvalue weighted by Gasteiger charge is 2.47. The lowest BCUT2D eigenvalue weighted by atomic mass is 9.95. The maximum atomic E-state index is 13.5. The van der Waals surface area contributed by atoms with Crippen molar-refractivity contribution in [2.75, 3.05) is 11.5 Å². The van der Waals surface area contributed by atoms with Gasteiger partial charge in [-0.1, -0.05) is 66.5 Å². The summed E-state index contributed by atoms with van der Waals surface area (Å²) in [6.45, 7) is 5.46. The predicted octanol–water partition coefficient (Wildman–Crippen LogP) is 5.75. The first-order valence-electron chi connectivity index (χ1n) is 12.3. The molecule has 3 heterocycles. The Labute approximate surface area is 233 Å². The first kappa shape index (κ1) is 26.6. The number of hydrogen-bond acceptors (Lipinski definition) is 9. The van der Waals surface area contributed by atoms with Crippen LogP contribution < -0.4 is 9.64 Å². The number of nitrogens with zero attached hydrogens (tertiary/aromatic N) is 2. The zero-order valence-corrected chi connectivity index (χ0v) is 22.2. The van der Waals surface area contributed by atoms with Crippen molar-refractivity contribution in [2.24, 2.45) is 0 Å². The molecule has 1 N–H and O–H groups in total. The van der Waals surface area contributed by atoms with Crippen LogP contribution in [-0.2, 0) is 16.1 Å². The number of amides is 1. The van der Waals surface area contributed by atoms with Crippen molar-refractivity contribution in [2.45, 2.75) is 19.6 Å². The molecule has 2 aromatic carbocycles. The monoisotopic (exact) mass is 556 g/mol. The minimum Gasteiger partial charge on any atom is -0.503 e. The van der Waals surface area contributed by atoms with Crippen LogP contribution in [0.15, 0.2) is 101 Å². The Morgan fingerprint density at radius 1 is 1.15 bits per heavy atom. The number of aromatic nitrogens is 1. The number of ether oxygens (including phenoxy) is 2. The number of benzene rings is 2. The van der Waals surface area contributed by atoms with E-state index in [2.05, 4.69) is 11.6 Å². The minimum absolute atomic E-state index is 0.0106. The molecule has 10 heteroatoms. The molecule has 1 atom stereocenters. The van der Waals surface area contributed by atoms with Crippen molar-refractivity contribution in [1.82, 2.24) is 4.98 Å². The number of rotatable bonds is 10. The highest BCUT2D eigenvalue weighted by atomic mass is 32.1. The van der Waals surface area contributed by atoms with Gasteiger partial charge < -0.3 is 19.0 Å². The number of carbonyl (C=O) groups excluding carboxylic acids is 3. The molecule has 0 spiro atoms. The minimum atomic E-state index is -1.08. The van der Waals surface area contributed by atoms with Gasteiger partial charge in [-0.05, 0) is 42.3 Å². The molecule has 4 aromatic rings. The summed E-state index contributed by atoms with van der Waals surface area (Å²) in [5.74, 6) is -2.39. The SMILES string of the molecule is C=CCOC(=O)c1sc(N2C(=O)C(O)=C(C(=O)c3ccco3)C2c2cccc(OCc3ccccc3)c2)nc1C. The molecule has 0 aliphatic carbocycles. The van der Waals surface area contributed by atoms with Crippen molar-refractivity contribution < 1.29 is 33.4 Å². The van der Waals surface area contributed by atoms with Gasteiger partial charge in [-0.25, -0.2) is 9.78 Å². The second-order valence-electron chi connectivity index (χ2n) is 8.79. The van der Waals surface area contributed by atoms with E-state index in [1.807, 2.05) is 30.3 Å². The Morgan fingerprint density at radius 3 is 2.67 bits per heavy atom. The average Bonchev–Trinajstić information content (AvgIpc) is 3.70. The molecule has 1 aliphatic heterocycles. The molecule has 1 amide bonds. The van der Waals surface area contributed by atoms with E-state index >= 15 is 0 Å². The van der Waals surface area contributed by atoms with Crippen molar-refractivity contribution >= 4 is 34.1 Å². The largest absolute Gasteiger partial charge is 0.503 e. The number of thiazole rings is 1. The number of anilines is 1. The molecule has 2 aromatic heterocycles. The van der Waals surface area contributed by atoms with Crippen molar-refractivity contribution in [3.63, 3.8) is 0 Å². The van der Waals surface area contributed by atoms with E-state index in [1.54, 1.807) is 31.2 Å². The van der Waals surface area contributed by atoms with Gasteiger partial charge in [-0.3, -0.25) is 14.5 Å². The number of aryl methyl sites for hydroxylation is 1. The summed E-state index contributed by atoms with van der Waals surface area (Å²) in [7, 11) is 0. The molecule has 1 unspecified atom stereocenters. The molecule has 0 saturated carbocycles. The lowest BCUT2D eigenvalue weighted by molar-refractivity contribution is -0.117. The third-order valence-corrected chi connectivity index (χ3v) is 7.27. The summed E-state index contributed by atoms with van der Waals surface area (Å²) in [4.78, 5) is 45.4. The fraction of sp³-hybridized carbons (Fsp3) is 0.133. The Balaban J connectivity index is 1.55. The molecule has 40 heavy (non-hydrogen) atoms. The Bertz CT molecular complexity index is 1610. The number of ketones is 1. The van der Waals surface area contributed by atoms with Crippen LogP contribution in [0.5, 0.6) is 5.75 Å². The van der Waals surface area contributed by atoms with Crippen molar-refractivity contribution in [3.05, 3.63) is 124 Å². The number of aliphatic hydroxyl groups excluding tert-OH is 1. The van der Waals surface area contributed by atoms with E-state index < -0.39 is 29.5 Å². The molecular formula is C30H24N2O7S. The van der Waals surface area contributed by atoms with Crippen molar-refractivity contribution in [3.8, 4) is 5.75 Å². The quantitative estimate of drug-likeness (QED) is 0.149. The Hall–Kier alpha value is -4.96. The van der Waals surface area contributed by atoms with Crippen LogP contribution in [0, 0.1) is 6.92 Å². The van der Waals surface area contributed by atoms with Gasteiger partial charge in [0.25, 0.3) is 5.91 Å². The summed E-state index contributed by atoms with van der Waals surface area (Å²) in [6, 6.07) is 18.4. The van der Waals surface area contributed by atoms with Crippen LogP contribution in [0.4, 0.5) is 5.13 Å². The van der Waals surface area contributed by atoms with Crippen LogP contribution in [0.25, 0.3) is 0 Å². The van der Waals surface area contributed by atoms with Gasteiger partial charge in [-0.2, -0.15) is 0 Å². The van der Waals surface area contributed by atoms with E-state index in [4.69, 9.17) is 13.9 Å². The van der Waals surface area contributed by atoms with Crippen LogP contribution in [0.2, 0.25) is 0 Å². The molecule has 0 bridgehead atoms. The van der Waals surface area contributed by atoms with E-state index in [1.165, 1.54) is 29.4 Å². The number of esters is 1. The van der Waals surface area contributed by atoms with Crippen LogP contribution >= 0.6 is 11.3 Å². The summed E-state index contributed by atoms with van der Waals surface area (Å²) >= 11 is 0.924. The van der Waals surface area contributed by atoms with Crippen LogP contribution in [0.1, 0.15) is 43.1 Å². The second kappa shape index (κ2) is 11.4. The molecule has 9 nitrogen and oxygen atoms in total. The van der Waals surface area contributed by atoms with Gasteiger partial charge >= 0.3 is 5.97 Å². The average molecular weight is 557 g/mol. The molecule has 1 aliphatic rings. The summed E-state index contributed by atoms with van der Waals surface area (Å²) < 4.78 is 16.4. The van der Waals surface area contributed by atoms with Crippen molar-refractivity contribution in [1.29, 1.82) is 0 Å². The number of furan rings is 1. The van der Waals surface area contributed by atoms with Gasteiger partial charge in [0.2, 0.25) is 5.78 Å². The number of aliphatic hydroxyl groups is 1. The fourth-order valence-corrected chi connectivity index (χ4v) is 5.27. The fourth-order valence-electron chi connectivity index (χ4n) is 4.28. The van der Waals surface area contributed by atoms with E-state index in [0.717, 1.165) is 16.9 Å². The summed E-state index contributed by atoms with van der Waals surface area (Å²) in [5, 5.41) is 11.1. The van der Waals surface area contributed by atoms with E-state index in [-0.39, 0.29) is 27.9 Å². The van der Waals surface area contributed by atoms with Crippen LogP contribution in [-0.4, -0.2) is 34.4 Å². The first-order valence-corrected chi connectivity index (χ1v) is 13.1. The lowest BCUT2D eigenvalue weighted by Gasteiger charge is -2.24. The predicted molar refractivity (Wildman–Crippen MR) is 147 cm³/mol. The molecule has 0 saturated heterocycles. The summed E-state index contributed by atoms with van der Waals surface area (Å²) in [5.41, 5.74) is 1.61. The first-order chi connectivity index (χ1) is 19.4. The zero-order chi connectivity index (χ0) is 28.2. The maximum Gasteiger partial charge on any atom is 0.350 e. The molecule has 0 radical (unpaired) electrons. The van der Waals surface area contributed by atoms with Gasteiger partial charge in [-0.15, -0.1) is 0 Å². The van der Waals surface area contributed by atoms with Gasteiger partial charge in [0, 0.05) is 0 Å². The van der Waals surface area contributed by atoms with E-state index in [0.29, 0.717) is 23.6 Å². The van der Waals surface area contributed by atoms with E-state index in [9.17, 15) is 19.5 Å². The molecule has 202 valence electrons. The number of hydrogen-bond donors (Lipinski definition) is 1. The smallest absolute Gasteiger partial charge is 0.350 e. The maximum absolute atomic E-state index is 13.5. The number of Topliss-reactive ketones (excluding diaryl/α,β-unsaturated/α-hetero) is 1. The highest BCUT2D eigenvalue weighted by molar-refractivity contribution is 7.17.